The fourth-order valence-electron chi connectivity index (χ4n) is 18.5. The molecule has 34 nitrogen and oxygen atoms in total. The molecule has 22 N–H and O–H groups in total. The van der Waals surface area contributed by atoms with Crippen LogP contribution in [0.1, 0.15) is 107 Å². The molecule has 0 unspecified atom stereocenters. The molecule has 6 aliphatic heterocycles. The highest BCUT2D eigenvalue weighted by atomic mass is 16.8. The summed E-state index contributed by atoms with van der Waals surface area (Å²) in [5.41, 5.74) is -3.02. The first-order valence-corrected chi connectivity index (χ1v) is 35.1. The fourth-order valence-corrected chi connectivity index (χ4v) is 18.5. The smallest absolute Gasteiger partial charge is 0.187 e. The van der Waals surface area contributed by atoms with Crippen molar-refractivity contribution in [1.29, 1.82) is 0 Å². The van der Waals surface area contributed by atoms with E-state index in [1.807, 2.05) is 13.8 Å². The average Bonchev–Trinajstić information content (AvgIpc) is 1.33. The zero-order valence-corrected chi connectivity index (χ0v) is 57.6. The zero-order chi connectivity index (χ0) is 73.5. The molecular formula is C66H112O34. The second kappa shape index (κ2) is 31.5. The van der Waals surface area contributed by atoms with Crippen LogP contribution in [0, 0.1) is 45.3 Å². The van der Waals surface area contributed by atoms with E-state index in [4.69, 9.17) is 56.8 Å². The summed E-state index contributed by atoms with van der Waals surface area (Å²) in [4.78, 5) is 0. The summed E-state index contributed by atoms with van der Waals surface area (Å²) in [5.74, 6) is -0.322. The Bertz CT molecular complexity index is 2670. The monoisotopic (exact) mass is 1450 g/mol. The van der Waals surface area contributed by atoms with E-state index in [-0.39, 0.29) is 35.5 Å². The number of hydrogen-bond donors (Lipinski definition) is 22. The lowest BCUT2D eigenvalue weighted by Crippen LogP contribution is -2.66. The SMILES string of the molecule is C[C@H](CC[C@@H](O[C@@H]1O[C@H](CO[C@@H]2O[C@H](CO)[C@@H](O)[C@H](O)[C@H]2O)[C@@H](O)[C@H](O)[C@H]1O[C@@H]1O[C@H](CO)[C@@H](O)[C@H](O)[C@H]1O)C(C)(C)O)[C@H]1CC[C@@]2(C)[C@@H]3CC=C4[C@@H](CC[C@H](O[C@@H]5O[C@H](CO[C@@H]6O[C@H](CO)[C@@H](O)[C@H](O)[C@H]6O)[C@@H](O)[C@H](O)[C@H]5O[C@@H]5O[C@H](CO)[C@@H](O)[C@H](O)[C@H]5O)C4(C)C)[C@]3(C)[C@H](O)C[C@]12C. The second-order valence-electron chi connectivity index (χ2n) is 31.5. The van der Waals surface area contributed by atoms with Crippen molar-refractivity contribution < 1.29 is 169 Å². The van der Waals surface area contributed by atoms with Crippen molar-refractivity contribution in [3.63, 3.8) is 0 Å². The highest BCUT2D eigenvalue weighted by molar-refractivity contribution is 5.32. The van der Waals surface area contributed by atoms with Crippen molar-refractivity contribution in [2.45, 2.75) is 315 Å². The number of rotatable bonds is 23. The normalized spacial score (nSPS) is 52.1. The van der Waals surface area contributed by atoms with Crippen LogP contribution in [0.15, 0.2) is 11.6 Å². The van der Waals surface area contributed by atoms with Gasteiger partial charge in [0.2, 0.25) is 0 Å². The van der Waals surface area contributed by atoms with Crippen molar-refractivity contribution in [1.82, 2.24) is 0 Å². The number of hydrogen-bond acceptors (Lipinski definition) is 34. The van der Waals surface area contributed by atoms with E-state index in [1.165, 1.54) is 13.8 Å². The molecule has 0 spiro atoms. The molecule has 9 fully saturated rings. The molecule has 0 amide bonds. The molecule has 580 valence electrons. The van der Waals surface area contributed by atoms with Gasteiger partial charge in [-0.2, -0.15) is 0 Å². The van der Waals surface area contributed by atoms with Crippen LogP contribution in [0.5, 0.6) is 0 Å². The lowest BCUT2D eigenvalue weighted by molar-refractivity contribution is -0.380. The maximum Gasteiger partial charge on any atom is 0.187 e. The van der Waals surface area contributed by atoms with Crippen LogP contribution in [-0.4, -0.2) is 360 Å². The molecule has 40 atom stereocenters. The molecule has 6 saturated heterocycles. The Labute approximate surface area is 579 Å². The lowest BCUT2D eigenvalue weighted by atomic mass is 9.38. The molecule has 3 saturated carbocycles. The molecule has 10 aliphatic rings. The predicted octanol–water partition coefficient (Wildman–Crippen LogP) is -7.58. The number of aliphatic hydroxyl groups is 22. The first-order valence-electron chi connectivity index (χ1n) is 35.1. The summed E-state index contributed by atoms with van der Waals surface area (Å²) in [5, 5.41) is 239. The van der Waals surface area contributed by atoms with Crippen LogP contribution in [0.3, 0.4) is 0 Å². The summed E-state index contributed by atoms with van der Waals surface area (Å²) in [7, 11) is 0. The molecule has 4 aliphatic carbocycles. The molecule has 0 aromatic heterocycles. The molecule has 0 bridgehead atoms. The molecular weight excluding hydrogens is 1340 g/mol. The Morgan fingerprint density at radius 3 is 1.30 bits per heavy atom. The van der Waals surface area contributed by atoms with E-state index in [1.54, 1.807) is 0 Å². The summed E-state index contributed by atoms with van der Waals surface area (Å²) in [6.07, 6.45) is -48.7. The Kier molecular flexibility index (Phi) is 25.5. The van der Waals surface area contributed by atoms with E-state index in [2.05, 4.69) is 33.8 Å². The van der Waals surface area contributed by atoms with Crippen LogP contribution in [0.2, 0.25) is 0 Å². The summed E-state index contributed by atoms with van der Waals surface area (Å²) in [6, 6.07) is 0. The van der Waals surface area contributed by atoms with Gasteiger partial charge in [0.05, 0.1) is 63.6 Å². The van der Waals surface area contributed by atoms with Gasteiger partial charge in [-0.1, -0.05) is 53.2 Å². The van der Waals surface area contributed by atoms with E-state index >= 15 is 0 Å². The van der Waals surface area contributed by atoms with Gasteiger partial charge in [0.15, 0.2) is 37.7 Å². The minimum absolute atomic E-state index is 0.00756. The molecule has 10 rings (SSSR count). The number of ether oxygens (including phenoxy) is 12. The van der Waals surface area contributed by atoms with E-state index in [9.17, 15) is 112 Å². The highest BCUT2D eigenvalue weighted by Gasteiger charge is 2.71. The summed E-state index contributed by atoms with van der Waals surface area (Å²) in [6.45, 7) is 11.3. The maximum atomic E-state index is 13.0. The van der Waals surface area contributed by atoms with Crippen molar-refractivity contribution in [3.05, 3.63) is 11.6 Å². The minimum Gasteiger partial charge on any atom is -0.394 e. The largest absolute Gasteiger partial charge is 0.394 e. The van der Waals surface area contributed by atoms with Gasteiger partial charge in [-0.15, -0.1) is 0 Å². The number of aliphatic hydroxyl groups excluding tert-OH is 21. The van der Waals surface area contributed by atoms with Crippen molar-refractivity contribution in [2.24, 2.45) is 45.3 Å². The second-order valence-corrected chi connectivity index (χ2v) is 31.5. The van der Waals surface area contributed by atoms with E-state index in [0.717, 1.165) is 18.4 Å². The van der Waals surface area contributed by atoms with Crippen molar-refractivity contribution in [3.8, 4) is 0 Å². The topological polar surface area (TPSA) is 556 Å². The first-order chi connectivity index (χ1) is 46.9. The standard InChI is InChI=1S/C66H112O34/c1-24(9-13-37(63(4,5)88)98-61-55(100-59-53(87)47(81)41(75)31(21-70)94-59)49(83)43(77)33(96-61)23-90-57-51(85)45(79)39(73)29(19-68)92-57)25-15-16-64(6)34-12-10-26-27(66(34,8)35(71)17-65(25,64)7)11-14-36(62(26,2)3)97-60-54(99-58-52(86)46(80)40(74)30(20-69)93-58)48(82)42(76)32(95-60)22-89-56-50(84)44(78)38(72)28(18-67)91-56/h10,24-25,27-61,67-88H,9,11-23H2,1-8H3/t24-,25-,27-,28-,29-,30-,31-,32-,33-,34+,35-,36+,37-,38-,39-,40-,41-,42-,43-,44+,45+,46+,47+,48+,49+,50-,51-,52-,53-,54-,55-,56-,57-,58+,59+,60+,61+,64+,65-,66+/m1/s1. The first kappa shape index (κ1) is 80.9. The van der Waals surface area contributed by atoms with Gasteiger partial charge in [0.1, 0.15) is 146 Å². The Balaban J connectivity index is 0.853. The summed E-state index contributed by atoms with van der Waals surface area (Å²) >= 11 is 0. The third-order valence-corrected chi connectivity index (χ3v) is 25.0. The van der Waals surface area contributed by atoms with Gasteiger partial charge in [-0.25, -0.2) is 0 Å². The third kappa shape index (κ3) is 14.8. The maximum absolute atomic E-state index is 13.0. The van der Waals surface area contributed by atoms with E-state index in [0.29, 0.717) is 32.1 Å². The predicted molar refractivity (Wildman–Crippen MR) is 333 cm³/mol. The number of fused-ring (bicyclic) bond motifs is 5. The average molecular weight is 1450 g/mol. The molecule has 0 radical (unpaired) electrons. The van der Waals surface area contributed by atoms with Gasteiger partial charge < -0.3 is 169 Å². The van der Waals surface area contributed by atoms with Crippen LogP contribution in [0.25, 0.3) is 0 Å². The fraction of sp³-hybridized carbons (Fsp3) is 0.970. The molecule has 0 aromatic carbocycles. The van der Waals surface area contributed by atoms with Crippen LogP contribution < -0.4 is 0 Å². The van der Waals surface area contributed by atoms with Crippen LogP contribution >= 0.6 is 0 Å². The van der Waals surface area contributed by atoms with Gasteiger partial charge in [-0.3, -0.25) is 0 Å². The quantitative estimate of drug-likeness (QED) is 0.0423. The molecule has 100 heavy (non-hydrogen) atoms. The minimum atomic E-state index is -1.99. The van der Waals surface area contributed by atoms with Gasteiger partial charge in [0, 0.05) is 10.8 Å². The highest BCUT2D eigenvalue weighted by Crippen LogP contribution is 2.75. The van der Waals surface area contributed by atoms with Crippen molar-refractivity contribution >= 4 is 0 Å². The Morgan fingerprint density at radius 2 is 0.860 bits per heavy atom. The lowest BCUT2D eigenvalue weighted by Gasteiger charge is -2.67. The van der Waals surface area contributed by atoms with E-state index < -0.39 is 264 Å². The van der Waals surface area contributed by atoms with Crippen molar-refractivity contribution in [2.75, 3.05) is 39.6 Å². The van der Waals surface area contributed by atoms with Crippen LogP contribution in [0.4, 0.5) is 0 Å². The molecule has 6 heterocycles. The molecule has 34 heteroatoms. The number of allylic oxidation sites excluding steroid dienone is 1. The summed E-state index contributed by atoms with van der Waals surface area (Å²) < 4.78 is 72.0. The van der Waals surface area contributed by atoms with Crippen LogP contribution in [-0.2, 0) is 56.8 Å². The Morgan fingerprint density at radius 1 is 0.460 bits per heavy atom. The zero-order valence-electron chi connectivity index (χ0n) is 57.6. The Hall–Kier alpha value is -1.62. The van der Waals surface area contributed by atoms with Gasteiger partial charge >= 0.3 is 0 Å². The van der Waals surface area contributed by atoms with Gasteiger partial charge in [-0.05, 0) is 99.7 Å². The van der Waals surface area contributed by atoms with Gasteiger partial charge in [0.25, 0.3) is 0 Å². The molecule has 0 aromatic rings. The third-order valence-electron chi connectivity index (χ3n) is 25.0.